The van der Waals surface area contributed by atoms with Gasteiger partial charge >= 0.3 is 0 Å². The molecule has 1 aromatic heterocycles. The second-order valence-electron chi connectivity index (χ2n) is 3.06. The SMILES string of the molecule is O=Cc1cnc(-c2cc(F)c(F)c(F)c2)[nH]1. The summed E-state index contributed by atoms with van der Waals surface area (Å²) in [6.45, 7) is 0. The Kier molecular flexibility index (Phi) is 2.47. The average Bonchev–Trinajstić information content (AvgIpc) is 2.73. The molecule has 2 aromatic rings. The summed E-state index contributed by atoms with van der Waals surface area (Å²) in [4.78, 5) is 16.6. The van der Waals surface area contributed by atoms with Gasteiger partial charge in [-0.25, -0.2) is 18.2 Å². The second kappa shape index (κ2) is 3.80. The van der Waals surface area contributed by atoms with Crippen LogP contribution < -0.4 is 0 Å². The van der Waals surface area contributed by atoms with Crippen LogP contribution in [0.1, 0.15) is 10.5 Å². The first-order valence-electron chi connectivity index (χ1n) is 4.27. The van der Waals surface area contributed by atoms with E-state index in [4.69, 9.17) is 0 Å². The van der Waals surface area contributed by atoms with Crippen molar-refractivity contribution >= 4 is 6.29 Å². The summed E-state index contributed by atoms with van der Waals surface area (Å²) < 4.78 is 38.4. The van der Waals surface area contributed by atoms with Gasteiger partial charge in [-0.05, 0) is 12.1 Å². The molecule has 0 aliphatic heterocycles. The zero-order valence-electron chi connectivity index (χ0n) is 7.80. The number of imidazole rings is 1. The van der Waals surface area contributed by atoms with Crippen molar-refractivity contribution in [3.8, 4) is 11.4 Å². The van der Waals surface area contributed by atoms with E-state index in [0.717, 1.165) is 12.1 Å². The molecule has 1 N–H and O–H groups in total. The van der Waals surface area contributed by atoms with E-state index < -0.39 is 17.5 Å². The monoisotopic (exact) mass is 226 g/mol. The molecule has 0 fully saturated rings. The van der Waals surface area contributed by atoms with Crippen LogP contribution in [0.15, 0.2) is 18.3 Å². The third kappa shape index (κ3) is 1.69. The minimum absolute atomic E-state index is 0.0319. The number of aldehydes is 1. The van der Waals surface area contributed by atoms with Gasteiger partial charge in [-0.3, -0.25) is 4.79 Å². The van der Waals surface area contributed by atoms with Crippen molar-refractivity contribution in [1.82, 2.24) is 9.97 Å². The molecule has 0 saturated carbocycles. The van der Waals surface area contributed by atoms with Gasteiger partial charge in [0.05, 0.1) is 11.9 Å². The fraction of sp³-hybridized carbons (Fsp3) is 0. The molecule has 0 saturated heterocycles. The molecule has 0 amide bonds. The summed E-state index contributed by atoms with van der Waals surface area (Å²) in [5.41, 5.74) is 0.199. The minimum atomic E-state index is -1.54. The number of hydrogen-bond donors (Lipinski definition) is 1. The van der Waals surface area contributed by atoms with Crippen LogP contribution in [0, 0.1) is 17.5 Å². The number of H-pyrrole nitrogens is 1. The van der Waals surface area contributed by atoms with E-state index in [1.54, 1.807) is 0 Å². The molecule has 1 aromatic carbocycles. The summed E-state index contributed by atoms with van der Waals surface area (Å²) in [6, 6.07) is 1.59. The number of nitrogens with zero attached hydrogens (tertiary/aromatic N) is 1. The predicted octanol–water partition coefficient (Wildman–Crippen LogP) is 2.31. The normalized spacial score (nSPS) is 10.4. The third-order valence-corrected chi connectivity index (χ3v) is 1.98. The summed E-state index contributed by atoms with van der Waals surface area (Å²) in [5.74, 6) is -4.05. The molecular formula is C10H5F3N2O. The Morgan fingerprint density at radius 2 is 1.81 bits per heavy atom. The molecule has 82 valence electrons. The van der Waals surface area contributed by atoms with Gasteiger partial charge in [0.2, 0.25) is 0 Å². The Hall–Kier alpha value is -2.11. The quantitative estimate of drug-likeness (QED) is 0.630. The van der Waals surface area contributed by atoms with Crippen molar-refractivity contribution < 1.29 is 18.0 Å². The third-order valence-electron chi connectivity index (χ3n) is 1.98. The summed E-state index contributed by atoms with van der Waals surface area (Å²) >= 11 is 0. The highest BCUT2D eigenvalue weighted by atomic mass is 19.2. The molecule has 0 unspecified atom stereocenters. The number of nitrogens with one attached hydrogen (secondary N) is 1. The smallest absolute Gasteiger partial charge is 0.194 e. The fourth-order valence-electron chi connectivity index (χ4n) is 1.23. The lowest BCUT2D eigenvalue weighted by molar-refractivity contribution is 0.111. The Morgan fingerprint density at radius 1 is 1.19 bits per heavy atom. The molecule has 0 atom stereocenters. The van der Waals surface area contributed by atoms with E-state index >= 15 is 0 Å². The van der Waals surface area contributed by atoms with Gasteiger partial charge in [-0.1, -0.05) is 0 Å². The Morgan fingerprint density at radius 3 is 2.31 bits per heavy atom. The molecule has 1 heterocycles. The molecule has 0 radical (unpaired) electrons. The first-order valence-corrected chi connectivity index (χ1v) is 4.27. The number of rotatable bonds is 2. The summed E-state index contributed by atoms with van der Waals surface area (Å²) in [5, 5.41) is 0. The van der Waals surface area contributed by atoms with Crippen LogP contribution in [0.3, 0.4) is 0 Å². The van der Waals surface area contributed by atoms with Gasteiger partial charge in [0.15, 0.2) is 23.7 Å². The number of aromatic amines is 1. The van der Waals surface area contributed by atoms with Crippen LogP contribution in [0.2, 0.25) is 0 Å². The number of carbonyl (C=O) groups excluding carboxylic acids is 1. The lowest BCUT2D eigenvalue weighted by atomic mass is 10.2. The molecular weight excluding hydrogens is 221 g/mol. The summed E-state index contributed by atoms with van der Waals surface area (Å²) in [7, 11) is 0. The van der Waals surface area contributed by atoms with Crippen molar-refractivity contribution in [1.29, 1.82) is 0 Å². The number of aromatic nitrogens is 2. The van der Waals surface area contributed by atoms with Crippen molar-refractivity contribution in [3.63, 3.8) is 0 Å². The van der Waals surface area contributed by atoms with Crippen LogP contribution in [0.4, 0.5) is 13.2 Å². The molecule has 2 rings (SSSR count). The van der Waals surface area contributed by atoms with Gasteiger partial charge in [-0.15, -0.1) is 0 Å². The molecule has 0 spiro atoms. The maximum absolute atomic E-state index is 12.9. The van der Waals surface area contributed by atoms with Crippen LogP contribution in [-0.4, -0.2) is 16.3 Å². The minimum Gasteiger partial charge on any atom is -0.336 e. The first kappa shape index (κ1) is 10.4. The number of benzene rings is 1. The zero-order chi connectivity index (χ0) is 11.7. The van der Waals surface area contributed by atoms with Crippen molar-refractivity contribution in [2.75, 3.05) is 0 Å². The molecule has 0 bridgehead atoms. The lowest BCUT2D eigenvalue weighted by Crippen LogP contribution is -1.92. The number of hydrogen-bond acceptors (Lipinski definition) is 2. The lowest BCUT2D eigenvalue weighted by Gasteiger charge is -1.99. The molecule has 3 nitrogen and oxygen atoms in total. The fourth-order valence-corrected chi connectivity index (χ4v) is 1.23. The molecule has 0 aliphatic carbocycles. The van der Waals surface area contributed by atoms with Gasteiger partial charge in [0.1, 0.15) is 5.82 Å². The second-order valence-corrected chi connectivity index (χ2v) is 3.06. The van der Waals surface area contributed by atoms with E-state index in [9.17, 15) is 18.0 Å². The van der Waals surface area contributed by atoms with Crippen LogP contribution in [-0.2, 0) is 0 Å². The van der Waals surface area contributed by atoms with Gasteiger partial charge in [0.25, 0.3) is 0 Å². The maximum atomic E-state index is 12.9. The average molecular weight is 226 g/mol. The summed E-state index contributed by atoms with van der Waals surface area (Å²) in [6.07, 6.45) is 1.72. The van der Waals surface area contributed by atoms with Crippen molar-refractivity contribution in [2.45, 2.75) is 0 Å². The predicted molar refractivity (Wildman–Crippen MR) is 49.3 cm³/mol. The molecule has 0 aliphatic rings. The van der Waals surface area contributed by atoms with Gasteiger partial charge in [0, 0.05) is 5.56 Å². The maximum Gasteiger partial charge on any atom is 0.194 e. The molecule has 16 heavy (non-hydrogen) atoms. The Balaban J connectivity index is 2.52. The Bertz CT molecular complexity index is 528. The largest absolute Gasteiger partial charge is 0.336 e. The van der Waals surface area contributed by atoms with Crippen LogP contribution in [0.5, 0.6) is 0 Å². The van der Waals surface area contributed by atoms with Gasteiger partial charge < -0.3 is 4.98 Å². The topological polar surface area (TPSA) is 45.8 Å². The molecule has 6 heteroatoms. The highest BCUT2D eigenvalue weighted by molar-refractivity contribution is 5.73. The van der Waals surface area contributed by atoms with E-state index in [2.05, 4.69) is 9.97 Å². The highest BCUT2D eigenvalue weighted by Gasteiger charge is 2.13. The standard InChI is InChI=1S/C10H5F3N2O/c11-7-1-5(2-8(12)9(7)13)10-14-3-6(4-16)15-10/h1-4H,(H,14,15). The van der Waals surface area contributed by atoms with Crippen molar-refractivity contribution in [2.24, 2.45) is 0 Å². The zero-order valence-corrected chi connectivity index (χ0v) is 7.80. The van der Waals surface area contributed by atoms with E-state index in [-0.39, 0.29) is 17.1 Å². The Labute approximate surface area is 87.9 Å². The van der Waals surface area contributed by atoms with Crippen LogP contribution in [0.25, 0.3) is 11.4 Å². The highest BCUT2D eigenvalue weighted by Crippen LogP contribution is 2.21. The van der Waals surface area contributed by atoms with Crippen LogP contribution >= 0.6 is 0 Å². The van der Waals surface area contributed by atoms with E-state index in [0.29, 0.717) is 6.29 Å². The number of carbonyl (C=O) groups is 1. The van der Waals surface area contributed by atoms with Crippen molar-refractivity contribution in [3.05, 3.63) is 41.5 Å². The first-order chi connectivity index (χ1) is 7.61. The number of halogens is 3. The van der Waals surface area contributed by atoms with Gasteiger partial charge in [-0.2, -0.15) is 0 Å². The van der Waals surface area contributed by atoms with E-state index in [1.807, 2.05) is 0 Å². The van der Waals surface area contributed by atoms with E-state index in [1.165, 1.54) is 6.20 Å².